The Morgan fingerprint density at radius 1 is 1.24 bits per heavy atom. The van der Waals surface area contributed by atoms with Crippen molar-refractivity contribution in [3.8, 4) is 0 Å². The van der Waals surface area contributed by atoms with Gasteiger partial charge in [-0.3, -0.25) is 4.79 Å². The molecule has 1 aromatic heterocycles. The highest BCUT2D eigenvalue weighted by molar-refractivity contribution is 6.04. The van der Waals surface area contributed by atoms with Crippen LogP contribution in [-0.4, -0.2) is 10.9 Å². The van der Waals surface area contributed by atoms with Gasteiger partial charge in [0, 0.05) is 0 Å². The van der Waals surface area contributed by atoms with E-state index in [-0.39, 0.29) is 5.69 Å². The molecule has 0 saturated carbocycles. The van der Waals surface area contributed by atoms with Crippen LogP contribution >= 0.6 is 0 Å². The number of hydrogen-bond donors (Lipinski definition) is 2. The normalized spacial score (nSPS) is 9.94. The molecule has 17 heavy (non-hydrogen) atoms. The summed E-state index contributed by atoms with van der Waals surface area (Å²) in [5.74, 6) is -0.913. The number of rotatable bonds is 2. The molecule has 0 saturated heterocycles. The monoisotopic (exact) mass is 231 g/mol. The van der Waals surface area contributed by atoms with Gasteiger partial charge in [0.1, 0.15) is 11.5 Å². The molecule has 0 unspecified atom stereocenters. The average Bonchev–Trinajstić information content (AvgIpc) is 2.33. The van der Waals surface area contributed by atoms with Gasteiger partial charge in [-0.15, -0.1) is 0 Å². The molecule has 1 heterocycles. The smallest absolute Gasteiger partial charge is 0.274 e. The molecule has 0 fully saturated rings. The average molecular weight is 231 g/mol. The number of amides is 1. The minimum Gasteiger partial charge on any atom is -0.397 e. The molecule has 2 rings (SSSR count). The van der Waals surface area contributed by atoms with E-state index in [1.165, 1.54) is 12.1 Å². The van der Waals surface area contributed by atoms with Gasteiger partial charge >= 0.3 is 0 Å². The Labute approximate surface area is 97.3 Å². The van der Waals surface area contributed by atoms with Crippen molar-refractivity contribution in [2.75, 3.05) is 11.1 Å². The van der Waals surface area contributed by atoms with Crippen LogP contribution in [0.1, 0.15) is 10.5 Å². The van der Waals surface area contributed by atoms with Gasteiger partial charge in [0.05, 0.1) is 17.6 Å². The van der Waals surface area contributed by atoms with E-state index in [0.717, 1.165) is 6.20 Å². The number of nitrogen functional groups attached to an aromatic ring is 1. The number of halogens is 1. The number of nitrogens with zero attached hydrogens (tertiary/aromatic N) is 1. The quantitative estimate of drug-likeness (QED) is 0.777. The van der Waals surface area contributed by atoms with E-state index in [4.69, 9.17) is 5.73 Å². The molecule has 4 nitrogen and oxygen atoms in total. The molecule has 1 amide bonds. The summed E-state index contributed by atoms with van der Waals surface area (Å²) < 4.78 is 12.6. The highest BCUT2D eigenvalue weighted by Gasteiger charge is 2.08. The van der Waals surface area contributed by atoms with Crippen LogP contribution in [0.2, 0.25) is 0 Å². The molecular weight excluding hydrogens is 221 g/mol. The van der Waals surface area contributed by atoms with Crippen molar-refractivity contribution < 1.29 is 9.18 Å². The van der Waals surface area contributed by atoms with Gasteiger partial charge < -0.3 is 11.1 Å². The molecule has 1 aromatic carbocycles. The third-order valence-corrected chi connectivity index (χ3v) is 2.17. The van der Waals surface area contributed by atoms with Crippen molar-refractivity contribution >= 4 is 17.3 Å². The van der Waals surface area contributed by atoms with Gasteiger partial charge in [-0.25, -0.2) is 9.37 Å². The van der Waals surface area contributed by atoms with Gasteiger partial charge in [0.25, 0.3) is 5.91 Å². The fourth-order valence-electron chi connectivity index (χ4n) is 1.31. The minimum atomic E-state index is -0.485. The van der Waals surface area contributed by atoms with Gasteiger partial charge in [0.15, 0.2) is 0 Å². The van der Waals surface area contributed by atoms with Crippen LogP contribution in [-0.2, 0) is 0 Å². The Hall–Kier alpha value is -2.43. The second-order valence-corrected chi connectivity index (χ2v) is 3.40. The number of hydrogen-bond acceptors (Lipinski definition) is 3. The summed E-state index contributed by atoms with van der Waals surface area (Å²) in [6, 6.07) is 9.36. The fourth-order valence-corrected chi connectivity index (χ4v) is 1.31. The fraction of sp³-hybridized carbons (Fsp3) is 0. The molecule has 3 N–H and O–H groups in total. The molecule has 0 aliphatic rings. The van der Waals surface area contributed by atoms with Crippen LogP contribution in [0.25, 0.3) is 0 Å². The minimum absolute atomic E-state index is 0.134. The van der Waals surface area contributed by atoms with Crippen LogP contribution < -0.4 is 11.1 Å². The first-order valence-corrected chi connectivity index (χ1v) is 4.94. The number of benzene rings is 1. The lowest BCUT2D eigenvalue weighted by molar-refractivity contribution is 0.102. The first kappa shape index (κ1) is 11.1. The van der Waals surface area contributed by atoms with Gasteiger partial charge in [0.2, 0.25) is 0 Å². The zero-order chi connectivity index (χ0) is 12.3. The van der Waals surface area contributed by atoms with E-state index in [0.29, 0.717) is 11.4 Å². The molecule has 0 radical (unpaired) electrons. The largest absolute Gasteiger partial charge is 0.397 e. The lowest BCUT2D eigenvalue weighted by atomic mass is 10.2. The summed E-state index contributed by atoms with van der Waals surface area (Å²) in [7, 11) is 0. The Kier molecular flexibility index (Phi) is 3.00. The zero-order valence-corrected chi connectivity index (χ0v) is 8.85. The highest BCUT2D eigenvalue weighted by Crippen LogP contribution is 2.17. The number of para-hydroxylation sites is 2. The Bertz CT molecular complexity index is 540. The second-order valence-electron chi connectivity index (χ2n) is 3.40. The standard InChI is InChI=1S/C12H10FN3O/c13-8-5-6-11(15-7-8)12(17)16-10-4-2-1-3-9(10)14/h1-7H,14H2,(H,16,17). The number of nitrogens with two attached hydrogens (primary N) is 1. The van der Waals surface area contributed by atoms with Crippen LogP contribution in [0, 0.1) is 5.82 Å². The van der Waals surface area contributed by atoms with E-state index < -0.39 is 11.7 Å². The molecule has 0 spiro atoms. The maximum atomic E-state index is 12.6. The maximum Gasteiger partial charge on any atom is 0.274 e. The Balaban J connectivity index is 2.17. The van der Waals surface area contributed by atoms with E-state index in [1.807, 2.05) is 0 Å². The molecule has 86 valence electrons. The van der Waals surface area contributed by atoms with Crippen molar-refractivity contribution in [1.29, 1.82) is 0 Å². The molecule has 0 aliphatic heterocycles. The van der Waals surface area contributed by atoms with Crippen molar-refractivity contribution in [2.45, 2.75) is 0 Å². The van der Waals surface area contributed by atoms with Crippen molar-refractivity contribution in [2.24, 2.45) is 0 Å². The predicted molar refractivity (Wildman–Crippen MR) is 63.0 cm³/mol. The third kappa shape index (κ3) is 2.57. The molecule has 0 atom stereocenters. The second kappa shape index (κ2) is 4.61. The summed E-state index contributed by atoms with van der Waals surface area (Å²) in [4.78, 5) is 15.4. The van der Waals surface area contributed by atoms with Crippen LogP contribution in [0.5, 0.6) is 0 Å². The lowest BCUT2D eigenvalue weighted by Crippen LogP contribution is -2.14. The predicted octanol–water partition coefficient (Wildman–Crippen LogP) is 2.06. The Morgan fingerprint density at radius 2 is 2.00 bits per heavy atom. The van der Waals surface area contributed by atoms with Gasteiger partial charge in [-0.2, -0.15) is 0 Å². The first-order valence-electron chi connectivity index (χ1n) is 4.94. The number of nitrogens with one attached hydrogen (secondary N) is 1. The summed E-state index contributed by atoms with van der Waals surface area (Å²) >= 11 is 0. The van der Waals surface area contributed by atoms with Crippen molar-refractivity contribution in [1.82, 2.24) is 4.98 Å². The van der Waals surface area contributed by atoms with Crippen LogP contribution in [0.4, 0.5) is 15.8 Å². The first-order chi connectivity index (χ1) is 8.16. The van der Waals surface area contributed by atoms with E-state index >= 15 is 0 Å². The topological polar surface area (TPSA) is 68.0 Å². The number of carbonyl (C=O) groups excluding carboxylic acids is 1. The van der Waals surface area contributed by atoms with Gasteiger partial charge in [-0.05, 0) is 24.3 Å². The summed E-state index contributed by atoms with van der Waals surface area (Å²) in [5.41, 5.74) is 6.77. The maximum absolute atomic E-state index is 12.6. The van der Waals surface area contributed by atoms with E-state index in [9.17, 15) is 9.18 Å². The highest BCUT2D eigenvalue weighted by atomic mass is 19.1. The third-order valence-electron chi connectivity index (χ3n) is 2.17. The zero-order valence-electron chi connectivity index (χ0n) is 8.85. The van der Waals surface area contributed by atoms with Crippen LogP contribution in [0.3, 0.4) is 0 Å². The molecule has 0 aliphatic carbocycles. The summed E-state index contributed by atoms with van der Waals surface area (Å²) in [5, 5.41) is 2.60. The molecule has 0 bridgehead atoms. The lowest BCUT2D eigenvalue weighted by Gasteiger charge is -2.06. The van der Waals surface area contributed by atoms with Crippen LogP contribution in [0.15, 0.2) is 42.6 Å². The number of pyridine rings is 1. The SMILES string of the molecule is Nc1ccccc1NC(=O)c1ccc(F)cn1. The van der Waals surface area contributed by atoms with Crippen molar-refractivity contribution in [3.63, 3.8) is 0 Å². The molecule has 5 heteroatoms. The summed E-state index contributed by atoms with van der Waals surface area (Å²) in [6.45, 7) is 0. The number of carbonyl (C=O) groups is 1. The van der Waals surface area contributed by atoms with Gasteiger partial charge in [-0.1, -0.05) is 12.1 Å². The summed E-state index contributed by atoms with van der Waals surface area (Å²) in [6.07, 6.45) is 0.989. The Morgan fingerprint density at radius 3 is 2.65 bits per heavy atom. The molecular formula is C12H10FN3O. The molecule has 2 aromatic rings. The van der Waals surface area contributed by atoms with E-state index in [1.54, 1.807) is 24.3 Å². The number of anilines is 2. The van der Waals surface area contributed by atoms with Crippen molar-refractivity contribution in [3.05, 3.63) is 54.1 Å². The number of aromatic nitrogens is 1. The van der Waals surface area contributed by atoms with E-state index in [2.05, 4.69) is 10.3 Å².